The predicted molar refractivity (Wildman–Crippen MR) is 71.4 cm³/mol. The number of rotatable bonds is 8. The van der Waals surface area contributed by atoms with Gasteiger partial charge in [-0.05, 0) is 25.7 Å². The van der Waals surface area contributed by atoms with Crippen molar-refractivity contribution in [3.05, 3.63) is 12.7 Å². The molecule has 2 atom stereocenters. The Labute approximate surface area is 109 Å². The van der Waals surface area contributed by atoms with Crippen molar-refractivity contribution in [2.24, 2.45) is 11.8 Å². The van der Waals surface area contributed by atoms with Crippen molar-refractivity contribution in [3.8, 4) is 0 Å². The summed E-state index contributed by atoms with van der Waals surface area (Å²) in [6.45, 7) is 9.53. The summed E-state index contributed by atoms with van der Waals surface area (Å²) in [6.07, 6.45) is 2.96. The summed E-state index contributed by atoms with van der Waals surface area (Å²) >= 11 is 0. The van der Waals surface area contributed by atoms with Crippen LogP contribution in [0.1, 0.15) is 33.6 Å². The summed E-state index contributed by atoms with van der Waals surface area (Å²) in [5.74, 6) is -1.12. The molecular formula is C13H24N2O3. The molecule has 3 N–H and O–H groups in total. The molecule has 18 heavy (non-hydrogen) atoms. The van der Waals surface area contributed by atoms with E-state index in [4.69, 9.17) is 5.11 Å². The smallest absolute Gasteiger partial charge is 0.315 e. The van der Waals surface area contributed by atoms with Gasteiger partial charge < -0.3 is 15.7 Å². The molecule has 2 unspecified atom stereocenters. The van der Waals surface area contributed by atoms with Gasteiger partial charge in [-0.15, -0.1) is 6.58 Å². The van der Waals surface area contributed by atoms with Gasteiger partial charge in [0.2, 0.25) is 0 Å². The number of amides is 2. The number of carboxylic acids is 1. The predicted octanol–water partition coefficient (Wildman–Crippen LogP) is 2.00. The van der Waals surface area contributed by atoms with E-state index in [0.29, 0.717) is 12.8 Å². The number of hydrogen-bond donors (Lipinski definition) is 3. The second-order valence-electron chi connectivity index (χ2n) is 4.94. The fraction of sp³-hybridized carbons (Fsp3) is 0.692. The van der Waals surface area contributed by atoms with Crippen molar-refractivity contribution in [2.45, 2.75) is 39.7 Å². The first-order valence-electron chi connectivity index (χ1n) is 6.24. The van der Waals surface area contributed by atoms with Crippen LogP contribution in [-0.4, -0.2) is 29.7 Å². The van der Waals surface area contributed by atoms with Gasteiger partial charge in [-0.3, -0.25) is 4.79 Å². The third-order valence-corrected chi connectivity index (χ3v) is 2.51. The quantitative estimate of drug-likeness (QED) is 0.581. The SMILES string of the molecule is C=CCC(C)NC(=O)NCC(CC(C)C)C(=O)O. The lowest BCUT2D eigenvalue weighted by Crippen LogP contribution is -2.43. The highest BCUT2D eigenvalue weighted by atomic mass is 16.4. The molecule has 0 rings (SSSR count). The third-order valence-electron chi connectivity index (χ3n) is 2.51. The molecule has 2 amide bonds. The zero-order valence-corrected chi connectivity index (χ0v) is 11.4. The van der Waals surface area contributed by atoms with E-state index in [1.165, 1.54) is 0 Å². The Hall–Kier alpha value is -1.52. The molecule has 104 valence electrons. The highest BCUT2D eigenvalue weighted by Gasteiger charge is 2.19. The van der Waals surface area contributed by atoms with Gasteiger partial charge in [-0.1, -0.05) is 19.9 Å². The Bertz CT molecular complexity index is 290. The van der Waals surface area contributed by atoms with Crippen molar-refractivity contribution >= 4 is 12.0 Å². The van der Waals surface area contributed by atoms with Gasteiger partial charge in [-0.25, -0.2) is 4.79 Å². The van der Waals surface area contributed by atoms with E-state index in [9.17, 15) is 9.59 Å². The molecule has 0 saturated heterocycles. The first kappa shape index (κ1) is 16.5. The Kier molecular flexibility index (Phi) is 7.83. The van der Waals surface area contributed by atoms with Gasteiger partial charge in [0, 0.05) is 12.6 Å². The lowest BCUT2D eigenvalue weighted by molar-refractivity contribution is -0.142. The first-order valence-corrected chi connectivity index (χ1v) is 6.24. The van der Waals surface area contributed by atoms with E-state index in [1.54, 1.807) is 6.08 Å². The highest BCUT2D eigenvalue weighted by molar-refractivity contribution is 5.76. The fourth-order valence-electron chi connectivity index (χ4n) is 1.64. The van der Waals surface area contributed by atoms with Crippen LogP contribution in [0.2, 0.25) is 0 Å². The summed E-state index contributed by atoms with van der Waals surface area (Å²) in [5.41, 5.74) is 0. The van der Waals surface area contributed by atoms with Crippen LogP contribution in [0, 0.1) is 11.8 Å². The molecule has 5 heteroatoms. The zero-order chi connectivity index (χ0) is 14.1. The minimum absolute atomic E-state index is 0.00382. The molecule has 0 aromatic rings. The van der Waals surface area contributed by atoms with Crippen LogP contribution < -0.4 is 10.6 Å². The number of hydrogen-bond acceptors (Lipinski definition) is 2. The molecule has 0 aliphatic heterocycles. The Morgan fingerprint density at radius 2 is 1.94 bits per heavy atom. The molecule has 0 aliphatic rings. The van der Waals surface area contributed by atoms with E-state index in [-0.39, 0.29) is 24.5 Å². The minimum Gasteiger partial charge on any atom is -0.481 e. The van der Waals surface area contributed by atoms with Crippen molar-refractivity contribution in [1.29, 1.82) is 0 Å². The van der Waals surface area contributed by atoms with Crippen LogP contribution in [-0.2, 0) is 4.79 Å². The topological polar surface area (TPSA) is 78.4 Å². The molecule has 5 nitrogen and oxygen atoms in total. The van der Waals surface area contributed by atoms with Crippen LogP contribution in [0.15, 0.2) is 12.7 Å². The number of nitrogens with one attached hydrogen (secondary N) is 2. The average Bonchev–Trinajstić information content (AvgIpc) is 2.23. The number of aliphatic carboxylic acids is 1. The largest absolute Gasteiger partial charge is 0.481 e. The van der Waals surface area contributed by atoms with Gasteiger partial charge in [0.15, 0.2) is 0 Å². The highest BCUT2D eigenvalue weighted by Crippen LogP contribution is 2.10. The van der Waals surface area contributed by atoms with E-state index in [1.807, 2.05) is 20.8 Å². The van der Waals surface area contributed by atoms with Crippen LogP contribution >= 0.6 is 0 Å². The molecule has 0 spiro atoms. The maximum atomic E-state index is 11.5. The molecule has 0 saturated carbocycles. The lowest BCUT2D eigenvalue weighted by Gasteiger charge is -2.17. The molecule has 0 fully saturated rings. The summed E-state index contributed by atoms with van der Waals surface area (Å²) in [5, 5.41) is 14.3. The molecule has 0 aliphatic carbocycles. The van der Waals surface area contributed by atoms with Crippen LogP contribution in [0.25, 0.3) is 0 Å². The van der Waals surface area contributed by atoms with Gasteiger partial charge in [0.25, 0.3) is 0 Å². The second-order valence-corrected chi connectivity index (χ2v) is 4.94. The summed E-state index contributed by atoms with van der Waals surface area (Å²) < 4.78 is 0. The van der Waals surface area contributed by atoms with E-state index < -0.39 is 11.9 Å². The Morgan fingerprint density at radius 3 is 2.39 bits per heavy atom. The van der Waals surface area contributed by atoms with Gasteiger partial charge >= 0.3 is 12.0 Å². The monoisotopic (exact) mass is 256 g/mol. The molecule has 0 aromatic carbocycles. The lowest BCUT2D eigenvalue weighted by atomic mass is 9.97. The molecule has 0 aromatic heterocycles. The van der Waals surface area contributed by atoms with E-state index in [0.717, 1.165) is 0 Å². The Balaban J connectivity index is 4.07. The number of urea groups is 1. The molecule has 0 radical (unpaired) electrons. The van der Waals surface area contributed by atoms with Crippen molar-refractivity contribution in [1.82, 2.24) is 10.6 Å². The Morgan fingerprint density at radius 1 is 1.33 bits per heavy atom. The summed E-state index contributed by atoms with van der Waals surface area (Å²) in [6, 6.07) is -0.338. The van der Waals surface area contributed by atoms with Crippen LogP contribution in [0.3, 0.4) is 0 Å². The summed E-state index contributed by atoms with van der Waals surface area (Å²) in [4.78, 5) is 22.5. The first-order chi connectivity index (χ1) is 8.36. The van der Waals surface area contributed by atoms with E-state index in [2.05, 4.69) is 17.2 Å². The third kappa shape index (κ3) is 7.70. The van der Waals surface area contributed by atoms with Gasteiger partial charge in [-0.2, -0.15) is 0 Å². The fourth-order valence-corrected chi connectivity index (χ4v) is 1.64. The minimum atomic E-state index is -0.872. The van der Waals surface area contributed by atoms with Gasteiger partial charge in [0.1, 0.15) is 0 Å². The van der Waals surface area contributed by atoms with Crippen molar-refractivity contribution in [2.75, 3.05) is 6.54 Å². The number of carboxylic acid groups (broad SMARTS) is 1. The number of carbonyl (C=O) groups is 2. The average molecular weight is 256 g/mol. The maximum Gasteiger partial charge on any atom is 0.315 e. The second kappa shape index (κ2) is 8.55. The standard InChI is InChI=1S/C13H24N2O3/c1-5-6-10(4)15-13(18)14-8-11(12(16)17)7-9(2)3/h5,9-11H,1,6-8H2,2-4H3,(H,16,17)(H2,14,15,18). The molecular weight excluding hydrogens is 232 g/mol. The summed E-state index contributed by atoms with van der Waals surface area (Å²) in [7, 11) is 0. The zero-order valence-electron chi connectivity index (χ0n) is 11.4. The van der Waals surface area contributed by atoms with Gasteiger partial charge in [0.05, 0.1) is 5.92 Å². The van der Waals surface area contributed by atoms with Crippen molar-refractivity contribution in [3.63, 3.8) is 0 Å². The van der Waals surface area contributed by atoms with Crippen molar-refractivity contribution < 1.29 is 14.7 Å². The normalized spacial score (nSPS) is 13.8. The maximum absolute atomic E-state index is 11.5. The molecule has 0 heterocycles. The van der Waals surface area contributed by atoms with Crippen LogP contribution in [0.5, 0.6) is 0 Å². The molecule has 0 bridgehead atoms. The number of carbonyl (C=O) groups excluding carboxylic acids is 1. The van der Waals surface area contributed by atoms with E-state index >= 15 is 0 Å². The van der Waals surface area contributed by atoms with Crippen LogP contribution in [0.4, 0.5) is 4.79 Å².